The highest BCUT2D eigenvalue weighted by molar-refractivity contribution is 5.86. The summed E-state index contributed by atoms with van der Waals surface area (Å²) in [6, 6.07) is 1.36. The first-order chi connectivity index (χ1) is 7.08. The second kappa shape index (κ2) is 3.23. The molecule has 0 unspecified atom stereocenters. The number of carboxylic acid groups (broad SMARTS) is 1. The van der Waals surface area contributed by atoms with Gasteiger partial charge in [-0.2, -0.15) is 5.10 Å². The van der Waals surface area contributed by atoms with Crippen molar-refractivity contribution in [2.24, 2.45) is 7.05 Å². The van der Waals surface area contributed by atoms with Crippen LogP contribution in [0.4, 0.5) is 0 Å². The largest absolute Gasteiger partial charge is 0.476 e. The zero-order valence-corrected chi connectivity index (χ0v) is 8.26. The summed E-state index contributed by atoms with van der Waals surface area (Å²) in [4.78, 5) is 10.6. The summed E-state index contributed by atoms with van der Waals surface area (Å²) < 4.78 is 6.53. The molecule has 2 heterocycles. The van der Waals surface area contributed by atoms with Crippen molar-refractivity contribution < 1.29 is 14.4 Å². The zero-order chi connectivity index (χ0) is 11.0. The van der Waals surface area contributed by atoms with Crippen molar-refractivity contribution in [2.45, 2.75) is 6.92 Å². The van der Waals surface area contributed by atoms with Crippen molar-refractivity contribution in [1.82, 2.24) is 14.9 Å². The average Bonchev–Trinajstić information content (AvgIpc) is 2.71. The third-order valence-corrected chi connectivity index (χ3v) is 1.97. The smallest absolute Gasteiger partial charge is 0.358 e. The third kappa shape index (κ3) is 1.61. The van der Waals surface area contributed by atoms with Crippen LogP contribution in [0, 0.1) is 6.92 Å². The molecule has 6 nitrogen and oxygen atoms in total. The fourth-order valence-electron chi connectivity index (χ4n) is 1.34. The highest BCUT2D eigenvalue weighted by atomic mass is 16.5. The molecule has 2 aromatic rings. The van der Waals surface area contributed by atoms with Gasteiger partial charge in [0.25, 0.3) is 0 Å². The number of hydrogen-bond acceptors (Lipinski definition) is 4. The Kier molecular flexibility index (Phi) is 2.03. The third-order valence-electron chi connectivity index (χ3n) is 1.97. The number of hydrogen-bond donors (Lipinski definition) is 1. The topological polar surface area (TPSA) is 81.2 Å². The maximum atomic E-state index is 10.6. The van der Waals surface area contributed by atoms with E-state index in [1.807, 2.05) is 13.1 Å². The first kappa shape index (κ1) is 9.45. The molecule has 0 aromatic carbocycles. The van der Waals surface area contributed by atoms with Crippen molar-refractivity contribution >= 4 is 5.97 Å². The van der Waals surface area contributed by atoms with Crippen LogP contribution in [0.15, 0.2) is 16.8 Å². The molecule has 0 radical (unpaired) electrons. The summed E-state index contributed by atoms with van der Waals surface area (Å²) in [6.45, 7) is 1.87. The van der Waals surface area contributed by atoms with Crippen LogP contribution >= 0.6 is 0 Å². The Morgan fingerprint density at radius 1 is 1.60 bits per heavy atom. The van der Waals surface area contributed by atoms with Crippen molar-refractivity contribution in [3.05, 3.63) is 23.5 Å². The van der Waals surface area contributed by atoms with E-state index in [1.165, 1.54) is 6.07 Å². The minimum absolute atomic E-state index is 0.116. The van der Waals surface area contributed by atoms with Gasteiger partial charge in [-0.3, -0.25) is 4.68 Å². The van der Waals surface area contributed by atoms with Gasteiger partial charge in [0.15, 0.2) is 11.5 Å². The Morgan fingerprint density at radius 3 is 2.80 bits per heavy atom. The molecule has 2 rings (SSSR count). The molecular formula is C9H9N3O3. The van der Waals surface area contributed by atoms with Crippen LogP contribution in [0.3, 0.4) is 0 Å². The molecule has 0 fully saturated rings. The Hall–Kier alpha value is -2.11. The van der Waals surface area contributed by atoms with E-state index in [1.54, 1.807) is 11.7 Å². The molecule has 0 saturated carbocycles. The normalized spacial score (nSPS) is 10.5. The number of rotatable bonds is 2. The average molecular weight is 207 g/mol. The molecule has 15 heavy (non-hydrogen) atoms. The summed E-state index contributed by atoms with van der Waals surface area (Å²) in [5.74, 6) is -0.746. The lowest BCUT2D eigenvalue weighted by molar-refractivity contribution is 0.0686. The van der Waals surface area contributed by atoms with Crippen LogP contribution in [0.5, 0.6) is 0 Å². The summed E-state index contributed by atoms with van der Waals surface area (Å²) in [6.07, 6.45) is 1.82. The Balaban J connectivity index is 2.45. The minimum Gasteiger partial charge on any atom is -0.476 e. The van der Waals surface area contributed by atoms with E-state index < -0.39 is 5.97 Å². The Labute approximate surface area is 85.1 Å². The predicted octanol–water partition coefficient (Wildman–Crippen LogP) is 1.08. The lowest BCUT2D eigenvalue weighted by atomic mass is 10.2. The number of carbonyl (C=O) groups is 1. The lowest BCUT2D eigenvalue weighted by Gasteiger charge is -1.88. The van der Waals surface area contributed by atoms with Crippen molar-refractivity contribution in [3.63, 3.8) is 0 Å². The molecule has 0 atom stereocenters. The monoisotopic (exact) mass is 207 g/mol. The van der Waals surface area contributed by atoms with Crippen LogP contribution in [0.25, 0.3) is 11.5 Å². The molecule has 0 amide bonds. The van der Waals surface area contributed by atoms with Crippen molar-refractivity contribution in [3.8, 4) is 11.5 Å². The maximum absolute atomic E-state index is 10.6. The van der Waals surface area contributed by atoms with E-state index in [4.69, 9.17) is 9.63 Å². The van der Waals surface area contributed by atoms with E-state index in [0.717, 1.165) is 5.56 Å². The molecule has 2 aromatic heterocycles. The molecule has 0 aliphatic carbocycles. The molecule has 0 spiro atoms. The standard InChI is InChI=1S/C9H9N3O3/c1-5-4-12(2)10-8(5)7-3-6(9(13)14)11-15-7/h3-4H,1-2H3,(H,13,14). The summed E-state index contributed by atoms with van der Waals surface area (Å²) in [5, 5.41) is 16.2. The number of aromatic nitrogens is 3. The number of carboxylic acids is 1. The molecular weight excluding hydrogens is 198 g/mol. The Bertz CT molecular complexity index is 512. The number of aryl methyl sites for hydroxylation is 2. The number of nitrogens with zero attached hydrogens (tertiary/aromatic N) is 3. The van der Waals surface area contributed by atoms with Crippen LogP contribution in [0.2, 0.25) is 0 Å². The Morgan fingerprint density at radius 2 is 2.33 bits per heavy atom. The first-order valence-electron chi connectivity index (χ1n) is 4.28. The first-order valence-corrected chi connectivity index (χ1v) is 4.28. The maximum Gasteiger partial charge on any atom is 0.358 e. The molecule has 78 valence electrons. The van der Waals surface area contributed by atoms with E-state index >= 15 is 0 Å². The van der Waals surface area contributed by atoms with E-state index in [0.29, 0.717) is 11.5 Å². The van der Waals surface area contributed by atoms with Gasteiger partial charge in [-0.15, -0.1) is 0 Å². The van der Waals surface area contributed by atoms with Crippen LogP contribution in [0.1, 0.15) is 16.1 Å². The van der Waals surface area contributed by atoms with Gasteiger partial charge in [0.05, 0.1) is 0 Å². The molecule has 6 heteroatoms. The fraction of sp³-hybridized carbons (Fsp3) is 0.222. The van der Waals surface area contributed by atoms with Crippen LogP contribution in [-0.4, -0.2) is 26.0 Å². The minimum atomic E-state index is -1.11. The molecule has 0 aliphatic rings. The van der Waals surface area contributed by atoms with Gasteiger partial charge in [0.2, 0.25) is 0 Å². The number of aromatic carboxylic acids is 1. The molecule has 1 N–H and O–H groups in total. The summed E-state index contributed by atoms with van der Waals surface area (Å²) in [7, 11) is 1.78. The zero-order valence-electron chi connectivity index (χ0n) is 8.26. The van der Waals surface area contributed by atoms with E-state index in [-0.39, 0.29) is 5.69 Å². The fourth-order valence-corrected chi connectivity index (χ4v) is 1.34. The lowest BCUT2D eigenvalue weighted by Crippen LogP contribution is -1.94. The van der Waals surface area contributed by atoms with E-state index in [2.05, 4.69) is 10.3 Å². The van der Waals surface area contributed by atoms with Gasteiger partial charge in [-0.05, 0) is 12.5 Å². The van der Waals surface area contributed by atoms with Crippen molar-refractivity contribution in [1.29, 1.82) is 0 Å². The van der Waals surface area contributed by atoms with Gasteiger partial charge in [-0.1, -0.05) is 5.16 Å². The SMILES string of the molecule is Cc1cn(C)nc1-c1cc(C(=O)O)no1. The second-order valence-corrected chi connectivity index (χ2v) is 3.22. The predicted molar refractivity (Wildman–Crippen MR) is 50.4 cm³/mol. The molecule has 0 aliphatic heterocycles. The molecule has 0 saturated heterocycles. The van der Waals surface area contributed by atoms with E-state index in [9.17, 15) is 4.79 Å². The van der Waals surface area contributed by atoms with Gasteiger partial charge in [-0.25, -0.2) is 4.79 Å². The van der Waals surface area contributed by atoms with Gasteiger partial charge >= 0.3 is 5.97 Å². The van der Waals surface area contributed by atoms with Crippen molar-refractivity contribution in [2.75, 3.05) is 0 Å². The van der Waals surface area contributed by atoms with Crippen LogP contribution < -0.4 is 0 Å². The summed E-state index contributed by atoms with van der Waals surface area (Å²) >= 11 is 0. The summed E-state index contributed by atoms with van der Waals surface area (Å²) in [5.41, 5.74) is 1.40. The van der Waals surface area contributed by atoms with Gasteiger partial charge in [0.1, 0.15) is 5.69 Å². The molecule has 0 bridgehead atoms. The quantitative estimate of drug-likeness (QED) is 0.796. The highest BCUT2D eigenvalue weighted by Gasteiger charge is 2.15. The van der Waals surface area contributed by atoms with Gasteiger partial charge in [0, 0.05) is 19.3 Å². The second-order valence-electron chi connectivity index (χ2n) is 3.22. The van der Waals surface area contributed by atoms with Gasteiger partial charge < -0.3 is 9.63 Å². The highest BCUT2D eigenvalue weighted by Crippen LogP contribution is 2.21. The van der Waals surface area contributed by atoms with Crippen LogP contribution in [-0.2, 0) is 7.05 Å².